The molecule has 0 radical (unpaired) electrons. The van der Waals surface area contributed by atoms with Crippen LogP contribution in [-0.4, -0.2) is 47.4 Å². The number of amides is 1. The van der Waals surface area contributed by atoms with Gasteiger partial charge in [0.2, 0.25) is 0 Å². The molecule has 7 heteroatoms. The Balaban J connectivity index is 1.33. The van der Waals surface area contributed by atoms with Gasteiger partial charge in [-0.05, 0) is 60.9 Å². The van der Waals surface area contributed by atoms with Crippen LogP contribution in [0.3, 0.4) is 0 Å². The van der Waals surface area contributed by atoms with E-state index >= 15 is 0 Å². The van der Waals surface area contributed by atoms with Crippen LogP contribution in [0.2, 0.25) is 0 Å². The maximum absolute atomic E-state index is 13.2. The Kier molecular flexibility index (Phi) is 6.82. The molecule has 1 aromatic carbocycles. The van der Waals surface area contributed by atoms with Crippen molar-refractivity contribution in [2.24, 2.45) is 0 Å². The second kappa shape index (κ2) is 10.3. The lowest BCUT2D eigenvalue weighted by Crippen LogP contribution is -2.46. The molecule has 35 heavy (non-hydrogen) atoms. The number of hydrogen-bond donors (Lipinski definition) is 1. The molecular weight excluding hydrogens is 438 g/mol. The van der Waals surface area contributed by atoms with Crippen molar-refractivity contribution >= 4 is 17.1 Å². The Morgan fingerprint density at radius 1 is 1.00 bits per heavy atom. The van der Waals surface area contributed by atoms with Gasteiger partial charge in [0.1, 0.15) is 5.56 Å². The van der Waals surface area contributed by atoms with Gasteiger partial charge in [-0.2, -0.15) is 5.26 Å². The summed E-state index contributed by atoms with van der Waals surface area (Å²) in [4.78, 5) is 31.0. The average molecular weight is 470 g/mol. The second-order valence-corrected chi connectivity index (χ2v) is 9.57. The lowest BCUT2D eigenvalue weighted by molar-refractivity contribution is 0.0926. The second-order valence-electron chi connectivity index (χ2n) is 9.57. The number of pyridine rings is 2. The van der Waals surface area contributed by atoms with E-state index in [1.54, 1.807) is 10.6 Å². The van der Waals surface area contributed by atoms with E-state index in [1.807, 2.05) is 48.5 Å². The van der Waals surface area contributed by atoms with Gasteiger partial charge in [0.15, 0.2) is 0 Å². The van der Waals surface area contributed by atoms with E-state index in [2.05, 4.69) is 21.2 Å². The number of carbonyl (C=O) groups excluding carboxylic acids is 1. The van der Waals surface area contributed by atoms with Crippen LogP contribution >= 0.6 is 0 Å². The van der Waals surface area contributed by atoms with E-state index in [9.17, 15) is 9.59 Å². The minimum absolute atomic E-state index is 0.158. The van der Waals surface area contributed by atoms with Crippen molar-refractivity contribution in [2.75, 3.05) is 31.1 Å². The summed E-state index contributed by atoms with van der Waals surface area (Å²) in [5.41, 5.74) is 3.60. The fourth-order valence-corrected chi connectivity index (χ4v) is 5.27. The molecule has 0 unspecified atom stereocenters. The summed E-state index contributed by atoms with van der Waals surface area (Å²) in [7, 11) is 0. The highest BCUT2D eigenvalue weighted by atomic mass is 16.2. The molecule has 2 fully saturated rings. The fourth-order valence-electron chi connectivity index (χ4n) is 5.27. The van der Waals surface area contributed by atoms with Crippen LogP contribution in [0.5, 0.6) is 0 Å². The van der Waals surface area contributed by atoms with Gasteiger partial charge in [-0.25, -0.2) is 0 Å². The number of aromatic nitrogens is 1. The van der Waals surface area contributed by atoms with E-state index in [0.29, 0.717) is 12.1 Å². The number of piperazine rings is 1. The number of carbonyl (C=O) groups is 1. The van der Waals surface area contributed by atoms with Crippen molar-refractivity contribution in [3.8, 4) is 6.07 Å². The molecule has 0 bridgehead atoms. The predicted molar refractivity (Wildman–Crippen MR) is 137 cm³/mol. The summed E-state index contributed by atoms with van der Waals surface area (Å²) in [5, 5.41) is 12.1. The van der Waals surface area contributed by atoms with E-state index < -0.39 is 0 Å². The van der Waals surface area contributed by atoms with Crippen molar-refractivity contribution in [3.63, 3.8) is 0 Å². The average Bonchev–Trinajstić information content (AvgIpc) is 2.91. The van der Waals surface area contributed by atoms with Gasteiger partial charge >= 0.3 is 0 Å². The first-order valence-electron chi connectivity index (χ1n) is 12.5. The Labute approximate surface area is 205 Å². The van der Waals surface area contributed by atoms with Crippen molar-refractivity contribution < 1.29 is 4.79 Å². The first-order chi connectivity index (χ1) is 17.1. The van der Waals surface area contributed by atoms with Crippen LogP contribution in [0, 0.1) is 11.3 Å². The lowest BCUT2D eigenvalue weighted by atomic mass is 9.95. The number of rotatable bonds is 5. The minimum Gasteiger partial charge on any atom is -0.369 e. The fraction of sp³-hybridized carbons (Fsp3) is 0.393. The summed E-state index contributed by atoms with van der Waals surface area (Å²) >= 11 is 0. The molecule has 1 N–H and O–H groups in total. The van der Waals surface area contributed by atoms with Gasteiger partial charge in [0, 0.05) is 50.6 Å². The summed E-state index contributed by atoms with van der Waals surface area (Å²) in [6.07, 6.45) is 7.19. The number of fused-ring (bicyclic) bond motifs is 1. The first kappa shape index (κ1) is 23.1. The number of benzene rings is 1. The summed E-state index contributed by atoms with van der Waals surface area (Å²) < 4.78 is 1.61. The Bertz CT molecular complexity index is 1290. The molecule has 1 saturated carbocycles. The standard InChI is InChI=1S/C28H31N5O2/c29-19-21-9-11-24(12-10-21)32-16-14-31(15-17-32)20-22-18-25(27(34)30-23-6-2-1-3-7-23)28(35)33-13-5-4-8-26(22)33/h4-5,8-13,18,23H,1-3,6-7,14-17,20H2,(H,30,34). The number of nitrogens with zero attached hydrogens (tertiary/aromatic N) is 4. The molecule has 1 aliphatic carbocycles. The summed E-state index contributed by atoms with van der Waals surface area (Å²) in [6.45, 7) is 4.19. The van der Waals surface area contributed by atoms with Crippen LogP contribution in [0.25, 0.3) is 5.52 Å². The number of nitrogens with one attached hydrogen (secondary N) is 1. The topological polar surface area (TPSA) is 80.8 Å². The first-order valence-corrected chi connectivity index (χ1v) is 12.5. The summed E-state index contributed by atoms with van der Waals surface area (Å²) in [5.74, 6) is -0.257. The Morgan fingerprint density at radius 3 is 2.46 bits per heavy atom. The van der Waals surface area contributed by atoms with Gasteiger partial charge < -0.3 is 10.2 Å². The van der Waals surface area contributed by atoms with Crippen molar-refractivity contribution in [2.45, 2.75) is 44.7 Å². The quantitative estimate of drug-likeness (QED) is 0.618. The largest absolute Gasteiger partial charge is 0.369 e. The van der Waals surface area contributed by atoms with E-state index in [4.69, 9.17) is 5.26 Å². The molecule has 0 spiro atoms. The maximum atomic E-state index is 13.2. The maximum Gasteiger partial charge on any atom is 0.267 e. The number of anilines is 1. The van der Waals surface area contributed by atoms with Crippen LogP contribution < -0.4 is 15.8 Å². The molecule has 2 aromatic heterocycles. The smallest absolute Gasteiger partial charge is 0.267 e. The zero-order chi connectivity index (χ0) is 24.2. The Morgan fingerprint density at radius 2 is 1.74 bits per heavy atom. The van der Waals surface area contributed by atoms with Crippen molar-refractivity contribution in [1.29, 1.82) is 5.26 Å². The van der Waals surface area contributed by atoms with Crippen molar-refractivity contribution in [1.82, 2.24) is 14.6 Å². The molecule has 1 saturated heterocycles. The molecular formula is C28H31N5O2. The third-order valence-corrected chi connectivity index (χ3v) is 7.27. The monoisotopic (exact) mass is 469 g/mol. The third-order valence-electron chi connectivity index (χ3n) is 7.27. The van der Waals surface area contributed by atoms with Gasteiger partial charge in [0.25, 0.3) is 11.5 Å². The highest BCUT2D eigenvalue weighted by Gasteiger charge is 2.23. The zero-order valence-electron chi connectivity index (χ0n) is 19.9. The normalized spacial score (nSPS) is 17.3. The van der Waals surface area contributed by atoms with Crippen molar-refractivity contribution in [3.05, 3.63) is 81.8 Å². The van der Waals surface area contributed by atoms with Crippen LogP contribution in [0.4, 0.5) is 5.69 Å². The predicted octanol–water partition coefficient (Wildman–Crippen LogP) is 3.56. The molecule has 2 aliphatic rings. The number of hydrogen-bond acceptors (Lipinski definition) is 5. The van der Waals surface area contributed by atoms with Gasteiger partial charge in [-0.1, -0.05) is 25.3 Å². The van der Waals surface area contributed by atoms with Gasteiger partial charge in [0.05, 0.1) is 17.1 Å². The molecule has 3 aromatic rings. The summed E-state index contributed by atoms with van der Waals surface area (Å²) in [6, 6.07) is 17.6. The number of nitriles is 1. The SMILES string of the molecule is N#Cc1ccc(N2CCN(Cc3cc(C(=O)NC4CCCCC4)c(=O)n4ccccc34)CC2)cc1. The lowest BCUT2D eigenvalue weighted by Gasteiger charge is -2.36. The van der Waals surface area contributed by atoms with E-state index in [1.165, 1.54) is 6.42 Å². The Hall–Kier alpha value is -3.63. The highest BCUT2D eigenvalue weighted by Crippen LogP contribution is 2.21. The third kappa shape index (κ3) is 5.08. The van der Waals surface area contributed by atoms with E-state index in [0.717, 1.165) is 68.6 Å². The molecule has 3 heterocycles. The molecule has 5 rings (SSSR count). The zero-order valence-corrected chi connectivity index (χ0v) is 19.9. The van der Waals surface area contributed by atoms with Crippen LogP contribution in [0.15, 0.2) is 59.5 Å². The van der Waals surface area contributed by atoms with Gasteiger partial charge in [-0.15, -0.1) is 0 Å². The van der Waals surface area contributed by atoms with Crippen LogP contribution in [-0.2, 0) is 6.54 Å². The molecule has 180 valence electrons. The minimum atomic E-state index is -0.261. The highest BCUT2D eigenvalue weighted by molar-refractivity contribution is 5.94. The molecule has 7 nitrogen and oxygen atoms in total. The van der Waals surface area contributed by atoms with E-state index in [-0.39, 0.29) is 23.1 Å². The molecule has 1 aliphatic heterocycles. The van der Waals surface area contributed by atoms with Crippen LogP contribution in [0.1, 0.15) is 53.6 Å². The van der Waals surface area contributed by atoms with Gasteiger partial charge in [-0.3, -0.25) is 18.9 Å². The molecule has 1 amide bonds. The molecule has 0 atom stereocenters.